The number of ether oxygens (including phenoxy) is 1. The maximum atomic E-state index is 13.1. The highest BCUT2D eigenvalue weighted by atomic mass is 19.1. The van der Waals surface area contributed by atoms with Gasteiger partial charge >= 0.3 is 0 Å². The predicted octanol–water partition coefficient (Wildman–Crippen LogP) is 2.38. The first-order chi connectivity index (χ1) is 5.77. The molecule has 1 nitrogen and oxygen atoms in total. The third kappa shape index (κ3) is 0.631. The zero-order valence-electron chi connectivity index (χ0n) is 6.80. The third-order valence-electron chi connectivity index (χ3n) is 2.79. The number of benzene rings is 1. The Morgan fingerprint density at radius 1 is 1.50 bits per heavy atom. The molecule has 1 aliphatic carbocycles. The van der Waals surface area contributed by atoms with Crippen molar-refractivity contribution in [1.82, 2.24) is 0 Å². The normalized spacial score (nSPS) is 29.2. The number of rotatable bonds is 0. The molecule has 1 aromatic rings. The lowest BCUT2D eigenvalue weighted by Crippen LogP contribution is -1.92. The molecule has 0 N–H and O–H groups in total. The average molecular weight is 164 g/mol. The van der Waals surface area contributed by atoms with Crippen LogP contribution >= 0.6 is 0 Å². The molecule has 2 atom stereocenters. The molecule has 1 aliphatic heterocycles. The highest BCUT2D eigenvalue weighted by Crippen LogP contribution is 2.54. The topological polar surface area (TPSA) is 9.23 Å². The summed E-state index contributed by atoms with van der Waals surface area (Å²) in [4.78, 5) is 0. The van der Waals surface area contributed by atoms with Crippen molar-refractivity contribution in [3.8, 4) is 5.75 Å². The predicted molar refractivity (Wildman–Crippen MR) is 42.9 cm³/mol. The second-order valence-electron chi connectivity index (χ2n) is 3.58. The molecule has 2 aliphatic rings. The van der Waals surface area contributed by atoms with Crippen molar-refractivity contribution in [3.05, 3.63) is 29.1 Å². The molecule has 1 fully saturated rings. The number of fused-ring (bicyclic) bond motifs is 3. The minimum atomic E-state index is -0.107. The molecular formula is C10H9FO. The summed E-state index contributed by atoms with van der Waals surface area (Å²) in [5.74, 6) is 1.29. The van der Waals surface area contributed by atoms with Crippen molar-refractivity contribution in [2.45, 2.75) is 25.4 Å². The van der Waals surface area contributed by atoms with Crippen molar-refractivity contribution in [2.24, 2.45) is 0 Å². The maximum Gasteiger partial charge on any atom is 0.126 e. The Bertz CT molecular complexity index is 359. The molecule has 0 aromatic heterocycles. The molecule has 1 aromatic carbocycles. The van der Waals surface area contributed by atoms with E-state index >= 15 is 0 Å². The maximum absolute atomic E-state index is 13.1. The van der Waals surface area contributed by atoms with Crippen LogP contribution in [0, 0.1) is 12.7 Å². The molecule has 12 heavy (non-hydrogen) atoms. The van der Waals surface area contributed by atoms with Gasteiger partial charge in [-0.1, -0.05) is 0 Å². The van der Waals surface area contributed by atoms with Crippen molar-refractivity contribution in [1.29, 1.82) is 0 Å². The molecule has 0 amide bonds. The number of halogens is 1. The first kappa shape index (κ1) is 6.46. The monoisotopic (exact) mass is 164 g/mol. The zero-order valence-corrected chi connectivity index (χ0v) is 6.80. The fourth-order valence-corrected chi connectivity index (χ4v) is 2.01. The Hall–Kier alpha value is -1.05. The zero-order chi connectivity index (χ0) is 8.29. The van der Waals surface area contributed by atoms with Gasteiger partial charge in [-0.25, -0.2) is 4.39 Å². The molecular weight excluding hydrogens is 155 g/mol. The van der Waals surface area contributed by atoms with Crippen LogP contribution in [0.1, 0.15) is 23.5 Å². The summed E-state index contributed by atoms with van der Waals surface area (Å²) in [6.45, 7) is 1.83. The quantitative estimate of drug-likeness (QED) is 0.572. The van der Waals surface area contributed by atoms with Gasteiger partial charge in [0.2, 0.25) is 0 Å². The van der Waals surface area contributed by atoms with E-state index in [9.17, 15) is 4.39 Å². The third-order valence-corrected chi connectivity index (χ3v) is 2.79. The Labute approximate surface area is 70.2 Å². The summed E-state index contributed by atoms with van der Waals surface area (Å²) in [5.41, 5.74) is 1.89. The van der Waals surface area contributed by atoms with Crippen LogP contribution < -0.4 is 4.74 Å². The molecule has 0 bridgehead atoms. The molecule has 1 saturated carbocycles. The van der Waals surface area contributed by atoms with Crippen LogP contribution in [-0.2, 0) is 0 Å². The van der Waals surface area contributed by atoms with Gasteiger partial charge in [-0.05, 0) is 31.0 Å². The smallest absolute Gasteiger partial charge is 0.126 e. The van der Waals surface area contributed by atoms with E-state index in [1.165, 1.54) is 6.07 Å². The van der Waals surface area contributed by atoms with Crippen molar-refractivity contribution in [2.75, 3.05) is 0 Å². The Morgan fingerprint density at radius 3 is 3.17 bits per heavy atom. The van der Waals surface area contributed by atoms with Gasteiger partial charge in [-0.3, -0.25) is 0 Å². The lowest BCUT2D eigenvalue weighted by Gasteiger charge is -2.06. The second-order valence-corrected chi connectivity index (χ2v) is 3.58. The fourth-order valence-electron chi connectivity index (χ4n) is 2.01. The van der Waals surface area contributed by atoms with Crippen LogP contribution in [0.25, 0.3) is 0 Å². The minimum absolute atomic E-state index is 0.107. The van der Waals surface area contributed by atoms with Crippen LogP contribution in [0.5, 0.6) is 5.75 Å². The highest BCUT2D eigenvalue weighted by Gasteiger charge is 2.49. The molecule has 0 spiro atoms. The number of hydrogen-bond acceptors (Lipinski definition) is 1. The van der Waals surface area contributed by atoms with Crippen LogP contribution in [0.2, 0.25) is 0 Å². The van der Waals surface area contributed by atoms with Crippen LogP contribution in [0.3, 0.4) is 0 Å². The molecule has 2 heteroatoms. The van der Waals surface area contributed by atoms with Crippen molar-refractivity contribution >= 4 is 0 Å². The van der Waals surface area contributed by atoms with Gasteiger partial charge in [-0.2, -0.15) is 0 Å². The first-order valence-electron chi connectivity index (χ1n) is 4.23. The van der Waals surface area contributed by atoms with Crippen molar-refractivity contribution in [3.63, 3.8) is 0 Å². The van der Waals surface area contributed by atoms with Gasteiger partial charge in [0.05, 0.1) is 0 Å². The van der Waals surface area contributed by atoms with Gasteiger partial charge in [0, 0.05) is 11.5 Å². The Kier molecular flexibility index (Phi) is 0.978. The van der Waals surface area contributed by atoms with Gasteiger partial charge in [0.25, 0.3) is 0 Å². The van der Waals surface area contributed by atoms with E-state index in [1.807, 2.05) is 6.92 Å². The van der Waals surface area contributed by atoms with E-state index in [4.69, 9.17) is 4.74 Å². The Morgan fingerprint density at radius 2 is 2.33 bits per heavy atom. The van der Waals surface area contributed by atoms with Gasteiger partial charge in [0.1, 0.15) is 17.7 Å². The average Bonchev–Trinajstić information content (AvgIpc) is 2.71. The molecule has 0 radical (unpaired) electrons. The van der Waals surface area contributed by atoms with E-state index < -0.39 is 0 Å². The summed E-state index contributed by atoms with van der Waals surface area (Å²) in [7, 11) is 0. The summed E-state index contributed by atoms with van der Waals surface area (Å²) in [6.07, 6.45) is 1.44. The largest absolute Gasteiger partial charge is 0.489 e. The fraction of sp³-hybridized carbons (Fsp3) is 0.400. The van der Waals surface area contributed by atoms with E-state index in [1.54, 1.807) is 6.07 Å². The Balaban J connectivity index is 2.26. The summed E-state index contributed by atoms with van der Waals surface area (Å²) < 4.78 is 18.7. The molecule has 1 heterocycles. The van der Waals surface area contributed by atoms with Crippen LogP contribution in [-0.4, -0.2) is 6.10 Å². The molecule has 3 rings (SSSR count). The van der Waals surface area contributed by atoms with Gasteiger partial charge in [0.15, 0.2) is 0 Å². The van der Waals surface area contributed by atoms with E-state index in [0.717, 1.165) is 23.3 Å². The van der Waals surface area contributed by atoms with Crippen LogP contribution in [0.4, 0.5) is 4.39 Å². The van der Waals surface area contributed by atoms with Gasteiger partial charge in [-0.15, -0.1) is 0 Å². The standard InChI is InChI=1S/C10H9FO/c1-5-7(11)2-3-8-10(5)6-4-9(6)12-8/h2-3,6,9H,4H2,1H3/t6-,9?/m0/s1. The second kappa shape index (κ2) is 1.82. The van der Waals surface area contributed by atoms with E-state index in [2.05, 4.69) is 0 Å². The van der Waals surface area contributed by atoms with Gasteiger partial charge < -0.3 is 4.74 Å². The number of hydrogen-bond donors (Lipinski definition) is 0. The molecule has 1 unspecified atom stereocenters. The van der Waals surface area contributed by atoms with Crippen molar-refractivity contribution < 1.29 is 9.13 Å². The van der Waals surface area contributed by atoms with E-state index in [0.29, 0.717) is 12.0 Å². The summed E-state index contributed by atoms with van der Waals surface area (Å²) in [5, 5.41) is 0. The molecule has 62 valence electrons. The summed E-state index contributed by atoms with van der Waals surface area (Å²) in [6, 6.07) is 3.22. The SMILES string of the molecule is Cc1c(F)ccc2c1[C@H]1CC1O2. The summed E-state index contributed by atoms with van der Waals surface area (Å²) >= 11 is 0. The van der Waals surface area contributed by atoms with E-state index in [-0.39, 0.29) is 5.82 Å². The minimum Gasteiger partial charge on any atom is -0.489 e. The lowest BCUT2D eigenvalue weighted by molar-refractivity contribution is 0.318. The lowest BCUT2D eigenvalue weighted by atomic mass is 10.0. The van der Waals surface area contributed by atoms with Crippen LogP contribution in [0.15, 0.2) is 12.1 Å². The molecule has 0 saturated heterocycles. The first-order valence-corrected chi connectivity index (χ1v) is 4.23. The highest BCUT2D eigenvalue weighted by molar-refractivity contribution is 5.50.